The maximum absolute atomic E-state index is 12.6. The first-order valence-electron chi connectivity index (χ1n) is 8.27. The minimum Gasteiger partial charge on any atom is -0.348 e. The highest BCUT2D eigenvalue weighted by atomic mass is 32.1. The van der Waals surface area contributed by atoms with Gasteiger partial charge in [-0.3, -0.25) is 9.59 Å². The molecule has 1 atom stereocenters. The number of nitrogens with zero attached hydrogens (tertiary/aromatic N) is 1. The molecular formula is C17H23NO4S. The summed E-state index contributed by atoms with van der Waals surface area (Å²) in [7, 11) is 0. The minimum atomic E-state index is -0.296. The highest BCUT2D eigenvalue weighted by molar-refractivity contribution is 7.14. The van der Waals surface area contributed by atoms with Crippen molar-refractivity contribution in [3.8, 4) is 0 Å². The monoisotopic (exact) mass is 337 g/mol. The van der Waals surface area contributed by atoms with Gasteiger partial charge < -0.3 is 14.4 Å². The molecule has 1 amide bonds. The molecule has 2 aliphatic rings. The van der Waals surface area contributed by atoms with Crippen LogP contribution >= 0.6 is 11.3 Å². The third-order valence-corrected chi connectivity index (χ3v) is 5.45. The Kier molecular flexibility index (Phi) is 5.46. The van der Waals surface area contributed by atoms with Crippen LogP contribution in [0.3, 0.4) is 0 Å². The highest BCUT2D eigenvalue weighted by Crippen LogP contribution is 2.25. The molecule has 0 N–H and O–H groups in total. The molecule has 3 heterocycles. The van der Waals surface area contributed by atoms with Gasteiger partial charge >= 0.3 is 0 Å². The molecule has 1 aromatic heterocycles. The minimum absolute atomic E-state index is 0.00201. The van der Waals surface area contributed by atoms with E-state index in [0.717, 1.165) is 35.6 Å². The van der Waals surface area contributed by atoms with Gasteiger partial charge in [0.25, 0.3) is 0 Å². The number of amides is 1. The molecule has 0 radical (unpaired) electrons. The predicted octanol–water partition coefficient (Wildman–Crippen LogP) is 2.77. The van der Waals surface area contributed by atoms with E-state index in [1.807, 2.05) is 24.0 Å². The first-order valence-corrected chi connectivity index (χ1v) is 9.09. The number of thiophene rings is 1. The SMILES string of the molecule is Cc1ccc(C(=O)CCC(=O)N2CCCCC2C2OCCO2)s1. The van der Waals surface area contributed by atoms with Crippen LogP contribution in [-0.2, 0) is 14.3 Å². The van der Waals surface area contributed by atoms with Crippen molar-refractivity contribution < 1.29 is 19.1 Å². The molecular weight excluding hydrogens is 314 g/mol. The number of carbonyl (C=O) groups excluding carboxylic acids is 2. The number of rotatable bonds is 5. The van der Waals surface area contributed by atoms with Crippen LogP contribution < -0.4 is 0 Å². The van der Waals surface area contributed by atoms with E-state index >= 15 is 0 Å². The molecule has 23 heavy (non-hydrogen) atoms. The fraction of sp³-hybridized carbons (Fsp3) is 0.647. The lowest BCUT2D eigenvalue weighted by molar-refractivity contribution is -0.150. The molecule has 0 spiro atoms. The summed E-state index contributed by atoms with van der Waals surface area (Å²) >= 11 is 1.49. The number of Topliss-reactive ketones (excluding diaryl/α,β-unsaturated/α-hetero) is 1. The number of ketones is 1. The quantitative estimate of drug-likeness (QED) is 0.775. The zero-order valence-electron chi connectivity index (χ0n) is 13.5. The van der Waals surface area contributed by atoms with E-state index in [4.69, 9.17) is 9.47 Å². The first kappa shape index (κ1) is 16.6. The molecule has 1 aromatic rings. The van der Waals surface area contributed by atoms with E-state index in [1.165, 1.54) is 11.3 Å². The first-order chi connectivity index (χ1) is 11.1. The van der Waals surface area contributed by atoms with Crippen molar-refractivity contribution in [2.24, 2.45) is 0 Å². The highest BCUT2D eigenvalue weighted by Gasteiger charge is 2.36. The average molecular weight is 337 g/mol. The van der Waals surface area contributed by atoms with Crippen molar-refractivity contribution in [2.45, 2.75) is 51.4 Å². The Morgan fingerprint density at radius 3 is 2.70 bits per heavy atom. The fourth-order valence-electron chi connectivity index (χ4n) is 3.22. The second-order valence-corrected chi connectivity index (χ2v) is 7.38. The average Bonchev–Trinajstić information content (AvgIpc) is 3.24. The number of hydrogen-bond acceptors (Lipinski definition) is 5. The summed E-state index contributed by atoms with van der Waals surface area (Å²) in [6.45, 7) is 3.91. The second kappa shape index (κ2) is 7.55. The topological polar surface area (TPSA) is 55.8 Å². The van der Waals surface area contributed by atoms with Gasteiger partial charge in [-0.15, -0.1) is 11.3 Å². The Hall–Kier alpha value is -1.24. The fourth-order valence-corrected chi connectivity index (χ4v) is 4.06. The molecule has 0 bridgehead atoms. The van der Waals surface area contributed by atoms with Crippen molar-refractivity contribution in [1.82, 2.24) is 4.90 Å². The van der Waals surface area contributed by atoms with Crippen molar-refractivity contribution in [3.05, 3.63) is 21.9 Å². The smallest absolute Gasteiger partial charge is 0.223 e. The standard InChI is InChI=1S/C17H23NO4S/c1-12-5-7-15(23-12)14(19)6-8-16(20)18-9-3-2-4-13(18)17-21-10-11-22-17/h5,7,13,17H,2-4,6,8-11H2,1H3. The van der Waals surface area contributed by atoms with Gasteiger partial charge in [0, 0.05) is 24.3 Å². The number of piperidine rings is 1. The molecule has 2 aliphatic heterocycles. The number of carbonyl (C=O) groups is 2. The van der Waals surface area contributed by atoms with Crippen LogP contribution in [-0.4, -0.2) is 48.7 Å². The van der Waals surface area contributed by atoms with Crippen LogP contribution in [0.4, 0.5) is 0 Å². The molecule has 1 unspecified atom stereocenters. The van der Waals surface area contributed by atoms with E-state index in [9.17, 15) is 9.59 Å². The van der Waals surface area contributed by atoms with Crippen molar-refractivity contribution in [3.63, 3.8) is 0 Å². The summed E-state index contributed by atoms with van der Waals surface area (Å²) in [5.41, 5.74) is 0. The third kappa shape index (κ3) is 4.00. The number of aryl methyl sites for hydroxylation is 1. The van der Waals surface area contributed by atoms with Crippen LogP contribution in [0.1, 0.15) is 46.7 Å². The van der Waals surface area contributed by atoms with Crippen molar-refractivity contribution in [1.29, 1.82) is 0 Å². The predicted molar refractivity (Wildman–Crippen MR) is 87.7 cm³/mol. The van der Waals surface area contributed by atoms with Crippen LogP contribution in [0, 0.1) is 6.92 Å². The maximum atomic E-state index is 12.6. The number of ether oxygens (including phenoxy) is 2. The van der Waals surface area contributed by atoms with E-state index in [-0.39, 0.29) is 36.9 Å². The Bertz CT molecular complexity index is 565. The molecule has 5 nitrogen and oxygen atoms in total. The Labute approximate surface area is 140 Å². The summed E-state index contributed by atoms with van der Waals surface area (Å²) in [6.07, 6.45) is 3.25. The Morgan fingerprint density at radius 1 is 1.22 bits per heavy atom. The summed E-state index contributed by atoms with van der Waals surface area (Å²) in [4.78, 5) is 28.5. The molecule has 0 aromatic carbocycles. The Morgan fingerprint density at radius 2 is 2.00 bits per heavy atom. The lowest BCUT2D eigenvalue weighted by atomic mass is 10.0. The van der Waals surface area contributed by atoms with Gasteiger partial charge in [-0.2, -0.15) is 0 Å². The maximum Gasteiger partial charge on any atom is 0.223 e. The van der Waals surface area contributed by atoms with E-state index in [0.29, 0.717) is 13.2 Å². The van der Waals surface area contributed by atoms with Gasteiger partial charge in [0.2, 0.25) is 5.91 Å². The van der Waals surface area contributed by atoms with Crippen molar-refractivity contribution in [2.75, 3.05) is 19.8 Å². The normalized spacial score (nSPS) is 22.5. The van der Waals surface area contributed by atoms with Crippen LogP contribution in [0.15, 0.2) is 12.1 Å². The number of hydrogen-bond donors (Lipinski definition) is 0. The van der Waals surface area contributed by atoms with Gasteiger partial charge in [0.15, 0.2) is 12.1 Å². The van der Waals surface area contributed by atoms with Gasteiger partial charge in [-0.05, 0) is 38.3 Å². The molecule has 3 rings (SSSR count). The van der Waals surface area contributed by atoms with Gasteiger partial charge in [-0.1, -0.05) is 0 Å². The molecule has 6 heteroatoms. The van der Waals surface area contributed by atoms with Gasteiger partial charge in [0.05, 0.1) is 24.1 Å². The van der Waals surface area contributed by atoms with Crippen LogP contribution in [0.5, 0.6) is 0 Å². The largest absolute Gasteiger partial charge is 0.348 e. The van der Waals surface area contributed by atoms with Gasteiger partial charge in [-0.25, -0.2) is 0 Å². The number of likely N-dealkylation sites (tertiary alicyclic amines) is 1. The third-order valence-electron chi connectivity index (χ3n) is 4.41. The lowest BCUT2D eigenvalue weighted by Gasteiger charge is -2.38. The Balaban J connectivity index is 1.56. The molecule has 2 saturated heterocycles. The van der Waals surface area contributed by atoms with E-state index < -0.39 is 0 Å². The summed E-state index contributed by atoms with van der Waals surface area (Å²) in [5, 5.41) is 0. The summed E-state index contributed by atoms with van der Waals surface area (Å²) < 4.78 is 11.2. The molecule has 0 aliphatic carbocycles. The lowest BCUT2D eigenvalue weighted by Crippen LogP contribution is -2.50. The second-order valence-electron chi connectivity index (χ2n) is 6.09. The van der Waals surface area contributed by atoms with Crippen LogP contribution in [0.2, 0.25) is 0 Å². The molecule has 0 saturated carbocycles. The van der Waals surface area contributed by atoms with E-state index in [2.05, 4.69) is 0 Å². The zero-order chi connectivity index (χ0) is 16.2. The molecule has 126 valence electrons. The summed E-state index contributed by atoms with van der Waals surface area (Å²) in [5.74, 6) is 0.0915. The van der Waals surface area contributed by atoms with Crippen molar-refractivity contribution >= 4 is 23.0 Å². The molecule has 2 fully saturated rings. The summed E-state index contributed by atoms with van der Waals surface area (Å²) in [6, 6.07) is 3.78. The van der Waals surface area contributed by atoms with Crippen LogP contribution in [0.25, 0.3) is 0 Å². The van der Waals surface area contributed by atoms with Gasteiger partial charge in [0.1, 0.15) is 0 Å². The van der Waals surface area contributed by atoms with E-state index in [1.54, 1.807) is 0 Å². The zero-order valence-corrected chi connectivity index (χ0v) is 14.3.